The average Bonchev–Trinajstić information content (AvgIpc) is 2.53. The van der Waals surface area contributed by atoms with E-state index in [1.165, 1.54) is 41.5 Å². The molecular weight excluding hydrogens is 244 g/mol. The van der Waals surface area contributed by atoms with Crippen molar-refractivity contribution in [2.45, 2.75) is 32.1 Å². The summed E-state index contributed by atoms with van der Waals surface area (Å²) in [5, 5.41) is 0. The van der Waals surface area contributed by atoms with Crippen LogP contribution in [0.25, 0.3) is 11.1 Å². The van der Waals surface area contributed by atoms with E-state index >= 15 is 0 Å². The Hall–Kier alpha value is -1.67. The Labute approximate surface area is 121 Å². The van der Waals surface area contributed by atoms with Crippen LogP contribution in [0, 0.1) is 5.92 Å². The van der Waals surface area contributed by atoms with Crippen LogP contribution in [0.4, 0.5) is 0 Å². The number of benzene rings is 1. The Morgan fingerprint density at radius 1 is 1.20 bits per heavy atom. The van der Waals surface area contributed by atoms with Crippen molar-refractivity contribution >= 4 is 0 Å². The van der Waals surface area contributed by atoms with Crippen LogP contribution in [-0.4, -0.2) is 11.5 Å². The minimum absolute atomic E-state index is 0.519. The van der Waals surface area contributed by atoms with Gasteiger partial charge in [-0.15, -0.1) is 0 Å². The van der Waals surface area contributed by atoms with Gasteiger partial charge >= 0.3 is 0 Å². The van der Waals surface area contributed by atoms with E-state index in [1.807, 2.05) is 12.4 Å². The Kier molecular flexibility index (Phi) is 3.83. The van der Waals surface area contributed by atoms with Crippen molar-refractivity contribution in [3.63, 3.8) is 0 Å². The number of fused-ring (bicyclic) bond motifs is 1. The van der Waals surface area contributed by atoms with Crippen molar-refractivity contribution in [3.8, 4) is 11.1 Å². The summed E-state index contributed by atoms with van der Waals surface area (Å²) < 4.78 is 0. The van der Waals surface area contributed by atoms with Crippen LogP contribution in [0.15, 0.2) is 42.7 Å². The van der Waals surface area contributed by atoms with Gasteiger partial charge in [0.15, 0.2) is 0 Å². The molecule has 0 spiro atoms. The molecule has 0 radical (unpaired) electrons. The van der Waals surface area contributed by atoms with E-state index in [4.69, 9.17) is 5.73 Å². The SMILES string of the molecule is CCC1CCc2c(-c3ccncc3)cccc2C1CN. The zero-order valence-corrected chi connectivity index (χ0v) is 12.0. The van der Waals surface area contributed by atoms with Gasteiger partial charge in [0.25, 0.3) is 0 Å². The molecule has 1 heterocycles. The van der Waals surface area contributed by atoms with Gasteiger partial charge in [0, 0.05) is 12.4 Å². The summed E-state index contributed by atoms with van der Waals surface area (Å²) in [5.41, 5.74) is 11.7. The van der Waals surface area contributed by atoms with Crippen LogP contribution in [0.5, 0.6) is 0 Å². The van der Waals surface area contributed by atoms with Crippen molar-refractivity contribution in [1.29, 1.82) is 0 Å². The summed E-state index contributed by atoms with van der Waals surface area (Å²) in [6.45, 7) is 3.04. The third-order valence-electron chi connectivity index (χ3n) is 4.72. The maximum Gasteiger partial charge on any atom is 0.0273 e. The van der Waals surface area contributed by atoms with Gasteiger partial charge in [-0.3, -0.25) is 4.98 Å². The lowest BCUT2D eigenvalue weighted by molar-refractivity contribution is 0.366. The first kappa shape index (κ1) is 13.3. The van der Waals surface area contributed by atoms with Crippen LogP contribution >= 0.6 is 0 Å². The van der Waals surface area contributed by atoms with Crippen LogP contribution in [-0.2, 0) is 6.42 Å². The lowest BCUT2D eigenvalue weighted by Crippen LogP contribution is -2.27. The first-order chi connectivity index (χ1) is 9.85. The molecule has 2 unspecified atom stereocenters. The second-order valence-electron chi connectivity index (χ2n) is 5.66. The molecule has 0 aliphatic heterocycles. The lowest BCUT2D eigenvalue weighted by atomic mass is 9.72. The quantitative estimate of drug-likeness (QED) is 0.918. The Balaban J connectivity index is 2.09. The Morgan fingerprint density at radius 3 is 2.70 bits per heavy atom. The van der Waals surface area contributed by atoms with Crippen molar-refractivity contribution in [2.24, 2.45) is 11.7 Å². The highest BCUT2D eigenvalue weighted by Crippen LogP contribution is 2.41. The van der Waals surface area contributed by atoms with Crippen LogP contribution in [0.2, 0.25) is 0 Å². The third-order valence-corrected chi connectivity index (χ3v) is 4.72. The first-order valence-electron chi connectivity index (χ1n) is 7.57. The largest absolute Gasteiger partial charge is 0.330 e. The summed E-state index contributed by atoms with van der Waals surface area (Å²) in [6.07, 6.45) is 7.39. The van der Waals surface area contributed by atoms with Gasteiger partial charge in [0.2, 0.25) is 0 Å². The summed E-state index contributed by atoms with van der Waals surface area (Å²) in [5.74, 6) is 1.26. The molecule has 3 rings (SSSR count). The molecule has 20 heavy (non-hydrogen) atoms. The normalized spacial score (nSPS) is 21.5. The summed E-state index contributed by atoms with van der Waals surface area (Å²) in [4.78, 5) is 4.12. The average molecular weight is 266 g/mol. The van der Waals surface area contributed by atoms with Gasteiger partial charge in [0.05, 0.1) is 0 Å². The Morgan fingerprint density at radius 2 is 2.00 bits per heavy atom. The molecule has 0 saturated heterocycles. The lowest BCUT2D eigenvalue weighted by Gasteiger charge is -2.33. The van der Waals surface area contributed by atoms with Gasteiger partial charge in [-0.1, -0.05) is 31.5 Å². The van der Waals surface area contributed by atoms with E-state index in [0.717, 1.165) is 12.5 Å². The van der Waals surface area contributed by atoms with Crippen LogP contribution in [0.1, 0.15) is 36.8 Å². The van der Waals surface area contributed by atoms with E-state index in [2.05, 4.69) is 42.2 Å². The third kappa shape index (κ3) is 2.25. The molecule has 0 bridgehead atoms. The van der Waals surface area contributed by atoms with Gasteiger partial charge in [-0.05, 0) is 65.6 Å². The molecule has 2 heteroatoms. The number of hydrogen-bond acceptors (Lipinski definition) is 2. The van der Waals surface area contributed by atoms with Crippen molar-refractivity contribution in [3.05, 3.63) is 53.9 Å². The molecule has 2 aromatic rings. The maximum atomic E-state index is 6.06. The number of rotatable bonds is 3. The second kappa shape index (κ2) is 5.76. The highest BCUT2D eigenvalue weighted by molar-refractivity contribution is 5.69. The molecule has 2 nitrogen and oxygen atoms in total. The van der Waals surface area contributed by atoms with E-state index < -0.39 is 0 Å². The van der Waals surface area contributed by atoms with Crippen LogP contribution in [0.3, 0.4) is 0 Å². The molecule has 2 N–H and O–H groups in total. The van der Waals surface area contributed by atoms with Gasteiger partial charge < -0.3 is 5.73 Å². The first-order valence-corrected chi connectivity index (χ1v) is 7.57. The number of hydrogen-bond donors (Lipinski definition) is 1. The van der Waals surface area contributed by atoms with E-state index in [1.54, 1.807) is 0 Å². The molecular formula is C18H22N2. The minimum Gasteiger partial charge on any atom is -0.330 e. The maximum absolute atomic E-state index is 6.06. The predicted octanol–water partition coefficient (Wildman–Crippen LogP) is 3.76. The highest BCUT2D eigenvalue weighted by atomic mass is 14.6. The zero-order chi connectivity index (χ0) is 13.9. The molecule has 1 aromatic heterocycles. The van der Waals surface area contributed by atoms with Crippen LogP contribution < -0.4 is 5.73 Å². The van der Waals surface area contributed by atoms with E-state index in [9.17, 15) is 0 Å². The van der Waals surface area contributed by atoms with E-state index in [0.29, 0.717) is 5.92 Å². The van der Waals surface area contributed by atoms with Crippen molar-refractivity contribution < 1.29 is 0 Å². The molecule has 1 aliphatic rings. The minimum atomic E-state index is 0.519. The monoisotopic (exact) mass is 266 g/mol. The topological polar surface area (TPSA) is 38.9 Å². The smallest absolute Gasteiger partial charge is 0.0273 e. The number of aromatic nitrogens is 1. The number of nitrogens with two attached hydrogens (primary N) is 1. The van der Waals surface area contributed by atoms with Crippen molar-refractivity contribution in [1.82, 2.24) is 4.98 Å². The van der Waals surface area contributed by atoms with Gasteiger partial charge in [0.1, 0.15) is 0 Å². The second-order valence-corrected chi connectivity index (χ2v) is 5.66. The summed E-state index contributed by atoms with van der Waals surface area (Å²) >= 11 is 0. The van der Waals surface area contributed by atoms with Gasteiger partial charge in [-0.25, -0.2) is 0 Å². The number of pyridine rings is 1. The molecule has 1 aromatic carbocycles. The number of nitrogens with zero attached hydrogens (tertiary/aromatic N) is 1. The van der Waals surface area contributed by atoms with Crippen molar-refractivity contribution in [2.75, 3.05) is 6.54 Å². The highest BCUT2D eigenvalue weighted by Gasteiger charge is 2.28. The molecule has 2 atom stereocenters. The Bertz CT molecular complexity index is 577. The van der Waals surface area contributed by atoms with E-state index in [-0.39, 0.29) is 0 Å². The summed E-state index contributed by atoms with van der Waals surface area (Å²) in [6, 6.07) is 10.9. The fraction of sp³-hybridized carbons (Fsp3) is 0.389. The molecule has 1 aliphatic carbocycles. The molecule has 0 amide bonds. The standard InChI is InChI=1S/C18H22N2/c1-2-13-6-7-17-15(14-8-10-20-11-9-14)4-3-5-16(17)18(13)12-19/h3-5,8-11,13,18H,2,6-7,12,19H2,1H3. The zero-order valence-electron chi connectivity index (χ0n) is 12.0. The molecule has 0 fully saturated rings. The predicted molar refractivity (Wildman–Crippen MR) is 83.6 cm³/mol. The fourth-order valence-corrected chi connectivity index (χ4v) is 3.63. The van der Waals surface area contributed by atoms with Gasteiger partial charge in [-0.2, -0.15) is 0 Å². The fourth-order valence-electron chi connectivity index (χ4n) is 3.63. The molecule has 0 saturated carbocycles. The molecule has 104 valence electrons. The summed E-state index contributed by atoms with van der Waals surface area (Å²) in [7, 11) is 0.